The summed E-state index contributed by atoms with van der Waals surface area (Å²) in [5.41, 5.74) is 1.04. The Hall–Kier alpha value is -1.93. The van der Waals surface area contributed by atoms with Crippen LogP contribution >= 0.6 is 24.0 Å². The quantitative estimate of drug-likeness (QED) is 0.478. The molecule has 21 heavy (non-hydrogen) atoms. The minimum absolute atomic E-state index is 0.0401. The summed E-state index contributed by atoms with van der Waals surface area (Å²) in [6, 6.07) is 9.71. The summed E-state index contributed by atoms with van der Waals surface area (Å²) in [6.07, 6.45) is 1.24. The fourth-order valence-corrected chi connectivity index (χ4v) is 2.52. The zero-order valence-corrected chi connectivity index (χ0v) is 12.9. The maximum atomic E-state index is 10.7. The predicted molar refractivity (Wildman–Crippen MR) is 85.0 cm³/mol. The number of thiocarbonyl (C=S) groups is 1. The summed E-state index contributed by atoms with van der Waals surface area (Å²) in [5.74, 6) is 0.969. The van der Waals surface area contributed by atoms with Gasteiger partial charge < -0.3 is 14.9 Å². The van der Waals surface area contributed by atoms with Gasteiger partial charge in [0.05, 0.1) is 12.8 Å². The summed E-state index contributed by atoms with van der Waals surface area (Å²) in [5, 5.41) is 10.7. The van der Waals surface area contributed by atoms with Crippen molar-refractivity contribution in [3.63, 3.8) is 0 Å². The highest BCUT2D eigenvalue weighted by atomic mass is 32.2. The third-order valence-corrected chi connectivity index (χ3v) is 3.99. The lowest BCUT2D eigenvalue weighted by Crippen LogP contribution is -2.03. The van der Waals surface area contributed by atoms with Gasteiger partial charge >= 0.3 is 5.82 Å². The van der Waals surface area contributed by atoms with E-state index in [9.17, 15) is 10.1 Å². The molecule has 1 aromatic heterocycles. The lowest BCUT2D eigenvalue weighted by atomic mass is 10.2. The molecule has 110 valence electrons. The zero-order chi connectivity index (χ0) is 15.2. The number of rotatable bonds is 5. The molecule has 8 heteroatoms. The lowest BCUT2D eigenvalue weighted by molar-refractivity contribution is -0.391. The number of benzene rings is 1. The number of hydrogen-bond donors (Lipinski definition) is 0. The Bertz CT molecular complexity index is 643. The van der Waals surface area contributed by atoms with Crippen LogP contribution in [0, 0.1) is 10.1 Å². The van der Waals surface area contributed by atoms with Gasteiger partial charge in [-0.2, -0.15) is 0 Å². The maximum absolute atomic E-state index is 10.7. The van der Waals surface area contributed by atoms with Crippen LogP contribution in [0.4, 0.5) is 5.82 Å². The molecule has 2 rings (SSSR count). The molecule has 1 heterocycles. The van der Waals surface area contributed by atoms with Gasteiger partial charge in [0.25, 0.3) is 0 Å². The second kappa shape index (κ2) is 7.19. The highest BCUT2D eigenvalue weighted by molar-refractivity contribution is 8.22. The van der Waals surface area contributed by atoms with Gasteiger partial charge in [0.1, 0.15) is 12.8 Å². The molecule has 1 aromatic carbocycles. The summed E-state index contributed by atoms with van der Waals surface area (Å²) in [4.78, 5) is 14.3. The molecule has 0 unspecified atom stereocenters. The van der Waals surface area contributed by atoms with Crippen LogP contribution in [-0.4, -0.2) is 18.9 Å². The molecule has 0 bridgehead atoms. The standard InChI is InChI=1S/C13H13N3O3S2/c1-15-11(14-7-12(15)16(17)18)9-21-13(20)19-8-10-5-3-2-4-6-10/h2-7H,8-9H2,1H3. The smallest absolute Gasteiger partial charge is 0.342 e. The Labute approximate surface area is 131 Å². The average molecular weight is 323 g/mol. The molecule has 0 aliphatic heterocycles. The van der Waals surface area contributed by atoms with E-state index in [1.807, 2.05) is 30.3 Å². The molecular formula is C13H13N3O3S2. The van der Waals surface area contributed by atoms with E-state index in [4.69, 9.17) is 17.0 Å². The van der Waals surface area contributed by atoms with Crippen molar-refractivity contribution in [2.75, 3.05) is 0 Å². The van der Waals surface area contributed by atoms with Crippen molar-refractivity contribution in [3.05, 3.63) is 58.0 Å². The Morgan fingerprint density at radius 3 is 2.81 bits per heavy atom. The van der Waals surface area contributed by atoms with Crippen LogP contribution in [0.1, 0.15) is 11.4 Å². The van der Waals surface area contributed by atoms with Crippen LogP contribution in [0.3, 0.4) is 0 Å². The summed E-state index contributed by atoms with van der Waals surface area (Å²) < 4.78 is 7.30. The first kappa shape index (κ1) is 15.5. The van der Waals surface area contributed by atoms with Gasteiger partial charge in [-0.1, -0.05) is 42.1 Å². The molecule has 0 radical (unpaired) electrons. The Morgan fingerprint density at radius 1 is 1.48 bits per heavy atom. The van der Waals surface area contributed by atoms with E-state index in [0.29, 0.717) is 22.6 Å². The van der Waals surface area contributed by atoms with Gasteiger partial charge in [-0.25, -0.2) is 9.55 Å². The van der Waals surface area contributed by atoms with Crippen LogP contribution in [0.5, 0.6) is 0 Å². The second-order valence-corrected chi connectivity index (χ2v) is 5.74. The van der Waals surface area contributed by atoms with Crippen molar-refractivity contribution in [3.8, 4) is 0 Å². The summed E-state index contributed by atoms with van der Waals surface area (Å²) in [6.45, 7) is 0.410. The van der Waals surface area contributed by atoms with E-state index in [2.05, 4.69) is 4.98 Å². The number of imidazole rings is 1. The van der Waals surface area contributed by atoms with Gasteiger partial charge in [-0.05, 0) is 22.7 Å². The fraction of sp³-hybridized carbons (Fsp3) is 0.231. The van der Waals surface area contributed by atoms with E-state index < -0.39 is 4.92 Å². The van der Waals surface area contributed by atoms with Gasteiger partial charge in [-0.3, -0.25) is 0 Å². The van der Waals surface area contributed by atoms with Crippen molar-refractivity contribution >= 4 is 34.2 Å². The minimum atomic E-state index is -0.467. The Kier molecular flexibility index (Phi) is 5.29. The van der Waals surface area contributed by atoms with Crippen molar-refractivity contribution in [1.29, 1.82) is 0 Å². The molecule has 0 saturated heterocycles. The average Bonchev–Trinajstić information content (AvgIpc) is 2.85. The van der Waals surface area contributed by atoms with Crippen LogP contribution in [0.25, 0.3) is 0 Å². The SMILES string of the molecule is Cn1c([N+](=O)[O-])cnc1CSC(=S)OCc1ccccc1. The number of aromatic nitrogens is 2. The monoisotopic (exact) mass is 323 g/mol. The first-order valence-corrected chi connectivity index (χ1v) is 7.46. The summed E-state index contributed by atoms with van der Waals surface area (Å²) >= 11 is 6.42. The van der Waals surface area contributed by atoms with Gasteiger partial charge in [-0.15, -0.1) is 0 Å². The number of thioether (sulfide) groups is 1. The van der Waals surface area contributed by atoms with Crippen molar-refractivity contribution < 1.29 is 9.66 Å². The third kappa shape index (κ3) is 4.27. The fourth-order valence-electron chi connectivity index (χ4n) is 1.62. The minimum Gasteiger partial charge on any atom is -0.474 e. The topological polar surface area (TPSA) is 70.2 Å². The van der Waals surface area contributed by atoms with E-state index in [0.717, 1.165) is 5.56 Å². The molecule has 0 N–H and O–H groups in total. The van der Waals surface area contributed by atoms with E-state index in [1.165, 1.54) is 22.5 Å². The molecule has 0 aliphatic rings. The summed E-state index contributed by atoms with van der Waals surface area (Å²) in [7, 11) is 1.61. The Balaban J connectivity index is 1.83. The molecule has 2 aromatic rings. The van der Waals surface area contributed by atoms with E-state index in [1.54, 1.807) is 7.05 Å². The largest absolute Gasteiger partial charge is 0.474 e. The number of nitro groups is 1. The number of nitrogens with zero attached hydrogens (tertiary/aromatic N) is 3. The van der Waals surface area contributed by atoms with Gasteiger partial charge in [0.2, 0.25) is 10.2 Å². The molecule has 0 fully saturated rings. The predicted octanol–water partition coefficient (Wildman–Crippen LogP) is 3.06. The molecular weight excluding hydrogens is 310 g/mol. The normalized spacial score (nSPS) is 10.3. The van der Waals surface area contributed by atoms with Gasteiger partial charge in [0.15, 0.2) is 0 Å². The van der Waals surface area contributed by atoms with Crippen LogP contribution in [-0.2, 0) is 24.1 Å². The third-order valence-electron chi connectivity index (χ3n) is 2.77. The highest BCUT2D eigenvalue weighted by Gasteiger charge is 2.17. The zero-order valence-electron chi connectivity index (χ0n) is 11.3. The molecule has 0 aliphatic carbocycles. The van der Waals surface area contributed by atoms with Crippen LogP contribution in [0.2, 0.25) is 0 Å². The number of hydrogen-bond acceptors (Lipinski definition) is 6. The van der Waals surface area contributed by atoms with Gasteiger partial charge in [0, 0.05) is 0 Å². The van der Waals surface area contributed by atoms with Crippen LogP contribution < -0.4 is 0 Å². The van der Waals surface area contributed by atoms with E-state index >= 15 is 0 Å². The molecule has 0 saturated carbocycles. The molecule has 0 atom stereocenters. The van der Waals surface area contributed by atoms with E-state index in [-0.39, 0.29) is 5.82 Å². The van der Waals surface area contributed by atoms with Crippen LogP contribution in [0.15, 0.2) is 36.5 Å². The second-order valence-electron chi connectivity index (χ2n) is 4.16. The lowest BCUT2D eigenvalue weighted by Gasteiger charge is -2.06. The first-order valence-electron chi connectivity index (χ1n) is 6.06. The maximum Gasteiger partial charge on any atom is 0.342 e. The highest BCUT2D eigenvalue weighted by Crippen LogP contribution is 2.18. The number of ether oxygens (including phenoxy) is 1. The van der Waals surface area contributed by atoms with Crippen molar-refractivity contribution in [2.45, 2.75) is 12.4 Å². The Morgan fingerprint density at radius 2 is 2.19 bits per heavy atom. The molecule has 6 nitrogen and oxygen atoms in total. The molecule has 0 spiro atoms. The first-order chi connectivity index (χ1) is 10.1. The molecule has 0 amide bonds. The van der Waals surface area contributed by atoms with Crippen molar-refractivity contribution in [2.24, 2.45) is 7.05 Å². The van der Waals surface area contributed by atoms with Crippen molar-refractivity contribution in [1.82, 2.24) is 9.55 Å².